The Morgan fingerprint density at radius 2 is 1.81 bits per heavy atom. The highest BCUT2D eigenvalue weighted by Gasteiger charge is 2.40. The van der Waals surface area contributed by atoms with Crippen molar-refractivity contribution in [3.8, 4) is 0 Å². The number of piperidine rings is 1. The van der Waals surface area contributed by atoms with Crippen LogP contribution in [0.5, 0.6) is 0 Å². The fraction of sp³-hybridized carbons (Fsp3) is 0.700. The van der Waals surface area contributed by atoms with Crippen molar-refractivity contribution in [2.45, 2.75) is 64.6 Å². The van der Waals surface area contributed by atoms with E-state index in [2.05, 4.69) is 20.8 Å². The van der Waals surface area contributed by atoms with Crippen molar-refractivity contribution in [2.24, 2.45) is 5.92 Å². The highest BCUT2D eigenvalue weighted by atomic mass is 32.2. The van der Waals surface area contributed by atoms with Gasteiger partial charge in [-0.25, -0.2) is 0 Å². The van der Waals surface area contributed by atoms with Crippen molar-refractivity contribution in [1.82, 2.24) is 8.61 Å². The van der Waals surface area contributed by atoms with Gasteiger partial charge in [-0.2, -0.15) is 17.0 Å². The Morgan fingerprint density at radius 1 is 1.15 bits per heavy atom. The fourth-order valence-electron chi connectivity index (χ4n) is 3.97. The predicted octanol–water partition coefficient (Wildman–Crippen LogP) is 3.42. The van der Waals surface area contributed by atoms with Gasteiger partial charge in [0.2, 0.25) is 0 Å². The molecule has 1 atom stereocenters. The standard InChI is InChI=1S/C20H32N2O3S/c1-17-9-12-21(13-10-17)26(23,24)22(16-18-7-5-4-6-8-18)19-11-14-25-20(2,3)15-19/h4-8,17,19H,9-16H2,1-3H3. The van der Waals surface area contributed by atoms with Gasteiger partial charge in [0.25, 0.3) is 10.2 Å². The molecule has 26 heavy (non-hydrogen) atoms. The van der Waals surface area contributed by atoms with Crippen molar-refractivity contribution in [2.75, 3.05) is 19.7 Å². The highest BCUT2D eigenvalue weighted by Crippen LogP contribution is 2.32. The lowest BCUT2D eigenvalue weighted by Crippen LogP contribution is -2.53. The largest absolute Gasteiger partial charge is 0.375 e. The maximum Gasteiger partial charge on any atom is 0.282 e. The molecule has 2 aliphatic heterocycles. The summed E-state index contributed by atoms with van der Waals surface area (Å²) in [6.07, 6.45) is 3.36. The van der Waals surface area contributed by atoms with Gasteiger partial charge in [0.05, 0.1) is 5.60 Å². The van der Waals surface area contributed by atoms with Crippen LogP contribution >= 0.6 is 0 Å². The molecule has 3 rings (SSSR count). The molecule has 0 bridgehead atoms. The van der Waals surface area contributed by atoms with Crippen LogP contribution in [0, 0.1) is 5.92 Å². The first kappa shape index (κ1) is 19.8. The maximum absolute atomic E-state index is 13.5. The van der Waals surface area contributed by atoms with E-state index in [1.54, 1.807) is 8.61 Å². The average Bonchev–Trinajstić information content (AvgIpc) is 2.60. The van der Waals surface area contributed by atoms with E-state index in [4.69, 9.17) is 4.74 Å². The van der Waals surface area contributed by atoms with Crippen LogP contribution < -0.4 is 0 Å². The molecular formula is C20H32N2O3S. The summed E-state index contributed by atoms with van der Waals surface area (Å²) in [4.78, 5) is 0. The maximum atomic E-state index is 13.5. The normalized spacial score (nSPS) is 25.5. The number of hydrogen-bond acceptors (Lipinski definition) is 3. The van der Waals surface area contributed by atoms with E-state index in [-0.39, 0.29) is 11.6 Å². The average molecular weight is 381 g/mol. The lowest BCUT2D eigenvalue weighted by molar-refractivity contribution is -0.0741. The molecule has 1 aromatic rings. The highest BCUT2D eigenvalue weighted by molar-refractivity contribution is 7.86. The minimum Gasteiger partial charge on any atom is -0.375 e. The third-order valence-electron chi connectivity index (χ3n) is 5.62. The van der Waals surface area contributed by atoms with Gasteiger partial charge in [0.1, 0.15) is 0 Å². The third kappa shape index (κ3) is 4.66. The second kappa shape index (κ2) is 7.97. The Hall–Kier alpha value is -0.950. The quantitative estimate of drug-likeness (QED) is 0.786. The second-order valence-corrected chi connectivity index (χ2v) is 10.3. The number of rotatable bonds is 5. The SMILES string of the molecule is CC1CCN(S(=O)(=O)N(Cc2ccccc2)C2CCOC(C)(C)C2)CC1. The van der Waals surface area contributed by atoms with Gasteiger partial charge in [-0.3, -0.25) is 0 Å². The molecule has 6 heteroatoms. The van der Waals surface area contributed by atoms with Crippen LogP contribution in [0.25, 0.3) is 0 Å². The number of benzene rings is 1. The van der Waals surface area contributed by atoms with E-state index >= 15 is 0 Å². The van der Waals surface area contributed by atoms with E-state index in [0.717, 1.165) is 31.2 Å². The minimum absolute atomic E-state index is 0.0247. The molecule has 5 nitrogen and oxygen atoms in total. The number of nitrogens with zero attached hydrogens (tertiary/aromatic N) is 2. The van der Waals surface area contributed by atoms with Gasteiger partial charge in [0.15, 0.2) is 0 Å². The first-order valence-electron chi connectivity index (χ1n) is 9.73. The summed E-state index contributed by atoms with van der Waals surface area (Å²) in [6.45, 7) is 8.59. The Bertz CT molecular complexity index is 682. The number of hydrogen-bond donors (Lipinski definition) is 0. The van der Waals surface area contributed by atoms with Gasteiger partial charge in [-0.05, 0) is 51.0 Å². The molecule has 0 spiro atoms. The molecule has 0 aliphatic carbocycles. The van der Waals surface area contributed by atoms with Crippen molar-refractivity contribution in [3.05, 3.63) is 35.9 Å². The Morgan fingerprint density at radius 3 is 2.42 bits per heavy atom. The molecule has 0 saturated carbocycles. The first-order chi connectivity index (χ1) is 12.3. The predicted molar refractivity (Wildman–Crippen MR) is 104 cm³/mol. The molecule has 2 fully saturated rings. The lowest BCUT2D eigenvalue weighted by atomic mass is 9.94. The van der Waals surface area contributed by atoms with Crippen LogP contribution in [0.1, 0.15) is 52.0 Å². The van der Waals surface area contributed by atoms with Crippen molar-refractivity contribution < 1.29 is 13.2 Å². The van der Waals surface area contributed by atoms with Crippen LogP contribution in [0.3, 0.4) is 0 Å². The minimum atomic E-state index is -3.48. The fourth-order valence-corrected chi connectivity index (χ4v) is 5.81. The molecular weight excluding hydrogens is 348 g/mol. The first-order valence-corrected chi connectivity index (χ1v) is 11.1. The Balaban J connectivity index is 1.86. The summed E-state index contributed by atoms with van der Waals surface area (Å²) in [5, 5.41) is 0. The van der Waals surface area contributed by atoms with Crippen molar-refractivity contribution in [1.29, 1.82) is 0 Å². The van der Waals surface area contributed by atoms with Crippen molar-refractivity contribution >= 4 is 10.2 Å². The summed E-state index contributed by atoms with van der Waals surface area (Å²) in [5.41, 5.74) is 0.745. The summed E-state index contributed by atoms with van der Waals surface area (Å²) in [5.74, 6) is 0.603. The molecule has 0 radical (unpaired) electrons. The molecule has 0 aromatic heterocycles. The van der Waals surface area contributed by atoms with Gasteiger partial charge in [-0.15, -0.1) is 0 Å². The van der Waals surface area contributed by atoms with Crippen LogP contribution in [-0.2, 0) is 21.5 Å². The van der Waals surface area contributed by atoms with Gasteiger partial charge >= 0.3 is 0 Å². The summed E-state index contributed by atoms with van der Waals surface area (Å²) < 4.78 is 36.3. The lowest BCUT2D eigenvalue weighted by Gasteiger charge is -2.43. The van der Waals surface area contributed by atoms with E-state index in [1.807, 2.05) is 30.3 Å². The summed E-state index contributed by atoms with van der Waals surface area (Å²) in [7, 11) is -3.48. The monoisotopic (exact) mass is 380 g/mol. The molecule has 146 valence electrons. The molecule has 0 N–H and O–H groups in total. The topological polar surface area (TPSA) is 49.9 Å². The number of ether oxygens (including phenoxy) is 1. The second-order valence-electron chi connectivity index (χ2n) is 8.37. The van der Waals surface area contributed by atoms with E-state index in [0.29, 0.717) is 32.2 Å². The molecule has 2 saturated heterocycles. The smallest absolute Gasteiger partial charge is 0.282 e. The van der Waals surface area contributed by atoms with E-state index < -0.39 is 10.2 Å². The van der Waals surface area contributed by atoms with E-state index in [9.17, 15) is 8.42 Å². The van der Waals surface area contributed by atoms with Gasteiger partial charge in [0, 0.05) is 32.3 Å². The Labute approximate surface area is 158 Å². The zero-order valence-electron chi connectivity index (χ0n) is 16.2. The van der Waals surface area contributed by atoms with Crippen molar-refractivity contribution in [3.63, 3.8) is 0 Å². The van der Waals surface area contributed by atoms with Gasteiger partial charge in [-0.1, -0.05) is 37.3 Å². The van der Waals surface area contributed by atoms with Crippen LogP contribution in [0.2, 0.25) is 0 Å². The van der Waals surface area contributed by atoms with E-state index in [1.165, 1.54) is 0 Å². The van der Waals surface area contributed by atoms with Gasteiger partial charge < -0.3 is 4.74 Å². The summed E-state index contributed by atoms with van der Waals surface area (Å²) >= 11 is 0. The van der Waals surface area contributed by atoms with Crippen LogP contribution in [0.4, 0.5) is 0 Å². The zero-order valence-corrected chi connectivity index (χ0v) is 17.0. The molecule has 2 heterocycles. The molecule has 1 aromatic carbocycles. The van der Waals surface area contributed by atoms with Crippen LogP contribution in [-0.4, -0.2) is 48.4 Å². The van der Waals surface area contributed by atoms with Crippen LogP contribution in [0.15, 0.2) is 30.3 Å². The third-order valence-corrected chi connectivity index (χ3v) is 7.66. The summed E-state index contributed by atoms with van der Waals surface area (Å²) in [6, 6.07) is 9.89. The Kier molecular flexibility index (Phi) is 6.07. The zero-order chi connectivity index (χ0) is 18.8. The molecule has 1 unspecified atom stereocenters. The molecule has 2 aliphatic rings. The molecule has 0 amide bonds.